The van der Waals surface area contributed by atoms with E-state index in [9.17, 15) is 9.59 Å². The summed E-state index contributed by atoms with van der Waals surface area (Å²) in [4.78, 5) is 25.5. The highest BCUT2D eigenvalue weighted by atomic mass is 16.5. The molecule has 0 aromatic heterocycles. The lowest BCUT2D eigenvalue weighted by Crippen LogP contribution is -2.53. The van der Waals surface area contributed by atoms with Crippen LogP contribution in [0.3, 0.4) is 0 Å². The Hall–Kier alpha value is -2.04. The number of rotatable bonds is 5. The molecule has 0 radical (unpaired) electrons. The predicted octanol–water partition coefficient (Wildman–Crippen LogP) is 3.06. The molecule has 1 aromatic rings. The normalized spacial score (nSPS) is 16.3. The monoisotopic (exact) mass is 305 g/mol. The molecule has 1 amide bonds. The van der Waals surface area contributed by atoms with Crippen molar-refractivity contribution < 1.29 is 19.1 Å². The molecule has 120 valence electrons. The van der Waals surface area contributed by atoms with Gasteiger partial charge in [0.05, 0.1) is 12.8 Å². The Labute approximate surface area is 131 Å². The molecular weight excluding hydrogens is 282 g/mol. The average molecular weight is 305 g/mol. The lowest BCUT2D eigenvalue weighted by atomic mass is 10.0. The molecule has 22 heavy (non-hydrogen) atoms. The van der Waals surface area contributed by atoms with E-state index in [1.165, 1.54) is 7.11 Å². The second-order valence-corrected chi connectivity index (χ2v) is 6.44. The fraction of sp³-hybridized carbons (Fsp3) is 0.529. The minimum atomic E-state index is -0.958. The number of anilines is 1. The Balaban J connectivity index is 2.55. The summed E-state index contributed by atoms with van der Waals surface area (Å²) in [5.74, 6) is 1.35. The zero-order valence-electron chi connectivity index (χ0n) is 13.8. The van der Waals surface area contributed by atoms with Crippen molar-refractivity contribution in [3.05, 3.63) is 17.7 Å². The van der Waals surface area contributed by atoms with Gasteiger partial charge in [-0.05, 0) is 38.3 Å². The maximum atomic E-state index is 12.7. The number of methoxy groups -OCH3 is 1. The Morgan fingerprint density at radius 3 is 2.59 bits per heavy atom. The van der Waals surface area contributed by atoms with E-state index in [-0.39, 0.29) is 5.91 Å². The summed E-state index contributed by atoms with van der Waals surface area (Å²) in [6.07, 6.45) is 1.61. The first kappa shape index (κ1) is 16.3. The highest BCUT2D eigenvalue weighted by molar-refractivity contribution is 6.03. The number of fused-ring (bicyclic) bond motifs is 1. The first-order valence-corrected chi connectivity index (χ1v) is 7.48. The van der Waals surface area contributed by atoms with Gasteiger partial charge in [-0.25, -0.2) is 0 Å². The van der Waals surface area contributed by atoms with E-state index in [2.05, 4.69) is 13.8 Å². The van der Waals surface area contributed by atoms with E-state index < -0.39 is 5.60 Å². The molecule has 1 heterocycles. The van der Waals surface area contributed by atoms with Crippen molar-refractivity contribution in [2.45, 2.75) is 39.7 Å². The van der Waals surface area contributed by atoms with Crippen LogP contribution in [-0.2, 0) is 4.79 Å². The van der Waals surface area contributed by atoms with Gasteiger partial charge in [0.25, 0.3) is 5.91 Å². The number of nitrogens with zero attached hydrogens (tertiary/aromatic N) is 1. The number of hydrogen-bond acceptors (Lipinski definition) is 4. The molecule has 0 aliphatic carbocycles. The summed E-state index contributed by atoms with van der Waals surface area (Å²) in [7, 11) is 1.52. The van der Waals surface area contributed by atoms with Crippen LogP contribution in [-0.4, -0.2) is 31.4 Å². The van der Waals surface area contributed by atoms with Gasteiger partial charge in [0.2, 0.25) is 0 Å². The van der Waals surface area contributed by atoms with Gasteiger partial charge in [0.15, 0.2) is 17.1 Å². The molecule has 0 bridgehead atoms. The van der Waals surface area contributed by atoms with Crippen LogP contribution < -0.4 is 14.4 Å². The fourth-order valence-corrected chi connectivity index (χ4v) is 2.47. The van der Waals surface area contributed by atoms with E-state index in [1.54, 1.807) is 30.9 Å². The van der Waals surface area contributed by atoms with Gasteiger partial charge in [0.1, 0.15) is 6.29 Å². The summed E-state index contributed by atoms with van der Waals surface area (Å²) in [5, 5.41) is 0. The maximum absolute atomic E-state index is 12.7. The van der Waals surface area contributed by atoms with Gasteiger partial charge in [-0.3, -0.25) is 9.59 Å². The molecule has 0 atom stereocenters. The largest absolute Gasteiger partial charge is 0.493 e. The molecule has 5 nitrogen and oxygen atoms in total. The van der Waals surface area contributed by atoms with Crippen molar-refractivity contribution in [1.29, 1.82) is 0 Å². The van der Waals surface area contributed by atoms with Crippen molar-refractivity contribution in [2.24, 2.45) is 5.92 Å². The summed E-state index contributed by atoms with van der Waals surface area (Å²) in [5.41, 5.74) is 0.104. The van der Waals surface area contributed by atoms with Crippen molar-refractivity contribution in [3.63, 3.8) is 0 Å². The molecule has 0 spiro atoms. The maximum Gasteiger partial charge on any atom is 0.270 e. The Kier molecular flexibility index (Phi) is 4.44. The van der Waals surface area contributed by atoms with Gasteiger partial charge in [-0.2, -0.15) is 0 Å². The van der Waals surface area contributed by atoms with Crippen LogP contribution in [0.4, 0.5) is 5.69 Å². The lowest BCUT2D eigenvalue weighted by molar-refractivity contribution is -0.132. The van der Waals surface area contributed by atoms with Gasteiger partial charge < -0.3 is 14.4 Å². The molecule has 5 heteroatoms. The third-order valence-electron chi connectivity index (χ3n) is 3.75. The molecule has 0 saturated carbocycles. The minimum Gasteiger partial charge on any atom is -0.493 e. The van der Waals surface area contributed by atoms with Gasteiger partial charge >= 0.3 is 0 Å². The number of amides is 1. The molecule has 0 N–H and O–H groups in total. The molecular formula is C17H23NO4. The molecule has 1 aliphatic rings. The molecule has 2 rings (SSSR count). The van der Waals surface area contributed by atoms with E-state index in [0.717, 1.165) is 12.7 Å². The fourth-order valence-electron chi connectivity index (χ4n) is 2.47. The van der Waals surface area contributed by atoms with Gasteiger partial charge in [-0.15, -0.1) is 0 Å². The van der Waals surface area contributed by atoms with Crippen molar-refractivity contribution in [2.75, 3.05) is 18.6 Å². The highest BCUT2D eigenvalue weighted by Crippen LogP contribution is 2.45. The van der Waals surface area contributed by atoms with Crippen LogP contribution in [0.1, 0.15) is 44.5 Å². The smallest absolute Gasteiger partial charge is 0.270 e. The zero-order chi connectivity index (χ0) is 16.5. The molecule has 0 saturated heterocycles. The SMILES string of the molecule is COc1cc(C=O)cc2c1OC(C)(C)C(=O)N2CCC(C)C. The number of benzene rings is 1. The first-order chi connectivity index (χ1) is 10.3. The second kappa shape index (κ2) is 5.99. The van der Waals surface area contributed by atoms with Crippen molar-refractivity contribution in [3.8, 4) is 11.5 Å². The van der Waals surface area contributed by atoms with Crippen LogP contribution in [0.2, 0.25) is 0 Å². The van der Waals surface area contributed by atoms with E-state index >= 15 is 0 Å². The van der Waals surface area contributed by atoms with Crippen molar-refractivity contribution >= 4 is 17.9 Å². The third kappa shape index (κ3) is 2.93. The van der Waals surface area contributed by atoms with E-state index in [4.69, 9.17) is 9.47 Å². The van der Waals surface area contributed by atoms with Crippen LogP contribution in [0, 0.1) is 5.92 Å². The van der Waals surface area contributed by atoms with E-state index in [1.807, 2.05) is 0 Å². The summed E-state index contributed by atoms with van der Waals surface area (Å²) in [6, 6.07) is 3.30. The Bertz CT molecular complexity index is 593. The number of aldehydes is 1. The van der Waals surface area contributed by atoms with Gasteiger partial charge in [0, 0.05) is 12.1 Å². The van der Waals surface area contributed by atoms with Crippen LogP contribution in [0.25, 0.3) is 0 Å². The second-order valence-electron chi connectivity index (χ2n) is 6.44. The van der Waals surface area contributed by atoms with Crippen LogP contribution >= 0.6 is 0 Å². The predicted molar refractivity (Wildman–Crippen MR) is 84.9 cm³/mol. The average Bonchev–Trinajstić information content (AvgIpc) is 2.46. The lowest BCUT2D eigenvalue weighted by Gasteiger charge is -2.39. The van der Waals surface area contributed by atoms with Crippen LogP contribution in [0.5, 0.6) is 11.5 Å². The zero-order valence-corrected chi connectivity index (χ0v) is 13.8. The summed E-state index contributed by atoms with van der Waals surface area (Å²) in [6.45, 7) is 8.29. The van der Waals surface area contributed by atoms with Crippen LogP contribution in [0.15, 0.2) is 12.1 Å². The quantitative estimate of drug-likeness (QED) is 0.785. The Morgan fingerprint density at radius 1 is 1.36 bits per heavy atom. The molecule has 1 aromatic carbocycles. The number of carbonyl (C=O) groups excluding carboxylic acids is 2. The van der Waals surface area contributed by atoms with Gasteiger partial charge in [-0.1, -0.05) is 13.8 Å². The van der Waals surface area contributed by atoms with Crippen molar-refractivity contribution in [1.82, 2.24) is 0 Å². The minimum absolute atomic E-state index is 0.106. The molecule has 1 aliphatic heterocycles. The first-order valence-electron chi connectivity index (χ1n) is 7.48. The Morgan fingerprint density at radius 2 is 2.05 bits per heavy atom. The number of hydrogen-bond donors (Lipinski definition) is 0. The standard InChI is InChI=1S/C17H23NO4/c1-11(2)6-7-18-13-8-12(10-19)9-14(21-5)15(13)22-17(3,4)16(18)20/h8-11H,6-7H2,1-5H3. The number of carbonyl (C=O) groups is 2. The van der Waals surface area contributed by atoms with E-state index in [0.29, 0.717) is 35.2 Å². The third-order valence-corrected chi connectivity index (χ3v) is 3.75. The highest BCUT2D eigenvalue weighted by Gasteiger charge is 2.42. The number of ether oxygens (including phenoxy) is 2. The summed E-state index contributed by atoms with van der Waals surface area (Å²) < 4.78 is 11.2. The topological polar surface area (TPSA) is 55.8 Å². The summed E-state index contributed by atoms with van der Waals surface area (Å²) >= 11 is 0. The molecule has 0 fully saturated rings. The molecule has 0 unspecified atom stereocenters.